The van der Waals surface area contributed by atoms with Crippen molar-refractivity contribution < 1.29 is 59.5 Å². The normalized spacial score (nSPS) is 16.4. The number of carbonyl (C=O) groups excluding carboxylic acids is 2. The van der Waals surface area contributed by atoms with Crippen molar-refractivity contribution in [1.82, 2.24) is 0 Å². The molecule has 0 saturated heterocycles. The first-order chi connectivity index (χ1) is 17.5. The summed E-state index contributed by atoms with van der Waals surface area (Å²) in [4.78, 5) is 24.7. The second-order valence-electron chi connectivity index (χ2n) is 8.21. The molecule has 1 heterocycles. The Hall–Kier alpha value is -5.00. The van der Waals surface area contributed by atoms with Crippen LogP contribution in [0, 0.1) is 0 Å². The number of aromatic hydroxyl groups is 7. The summed E-state index contributed by atoms with van der Waals surface area (Å²) in [5.74, 6) is -6.52. The zero-order chi connectivity index (χ0) is 27.0. The maximum absolute atomic E-state index is 13.0. The number of rotatable bonds is 5. The zero-order valence-corrected chi connectivity index (χ0v) is 19.2. The van der Waals surface area contributed by atoms with Crippen LogP contribution in [0.15, 0.2) is 36.4 Å². The van der Waals surface area contributed by atoms with Gasteiger partial charge in [-0.1, -0.05) is 6.92 Å². The van der Waals surface area contributed by atoms with E-state index in [1.165, 1.54) is 13.0 Å². The highest BCUT2D eigenvalue weighted by molar-refractivity contribution is 5.91. The van der Waals surface area contributed by atoms with E-state index in [0.717, 1.165) is 30.3 Å². The van der Waals surface area contributed by atoms with Gasteiger partial charge in [0.05, 0.1) is 5.56 Å². The lowest BCUT2D eigenvalue weighted by molar-refractivity contribution is -0.134. The molecule has 1 aliphatic rings. The molecule has 0 radical (unpaired) electrons. The highest BCUT2D eigenvalue weighted by atomic mass is 16.6. The standard InChI is InChI=1S/C25H22O12/c1-2-21(31)35-19-6-11(5-17(30)23(19)33)25(34)37-20-9-13-14(27)7-12(26)8-18(13)36-24(20)10-3-15(28)22(32)16(29)4-10/h3-8,20,24,26-30,32-33H,2,9H2,1H3/t20-,24-/m1/s1. The van der Waals surface area contributed by atoms with Crippen LogP contribution in [0.2, 0.25) is 0 Å². The minimum Gasteiger partial charge on any atom is -0.508 e. The molecule has 7 N–H and O–H groups in total. The fourth-order valence-electron chi connectivity index (χ4n) is 3.81. The van der Waals surface area contributed by atoms with Crippen molar-refractivity contribution in [3.05, 3.63) is 53.1 Å². The summed E-state index contributed by atoms with van der Waals surface area (Å²) in [6.07, 6.45) is -2.61. The van der Waals surface area contributed by atoms with Crippen LogP contribution in [-0.2, 0) is 16.0 Å². The predicted octanol–water partition coefficient (Wildman–Crippen LogP) is 2.84. The summed E-state index contributed by atoms with van der Waals surface area (Å²) in [6.45, 7) is 1.51. The Kier molecular flexibility index (Phi) is 6.49. The van der Waals surface area contributed by atoms with Gasteiger partial charge < -0.3 is 50.0 Å². The monoisotopic (exact) mass is 514 g/mol. The second kappa shape index (κ2) is 9.57. The molecule has 0 aromatic heterocycles. The average Bonchev–Trinajstić information content (AvgIpc) is 2.84. The molecule has 0 amide bonds. The van der Waals surface area contributed by atoms with E-state index in [-0.39, 0.29) is 46.8 Å². The third kappa shape index (κ3) is 4.89. The highest BCUT2D eigenvalue weighted by Crippen LogP contribution is 2.46. The van der Waals surface area contributed by atoms with Crippen molar-refractivity contribution in [3.63, 3.8) is 0 Å². The molecule has 0 saturated carbocycles. The number of carbonyl (C=O) groups is 2. The van der Waals surface area contributed by atoms with Gasteiger partial charge in [-0.2, -0.15) is 0 Å². The Morgan fingerprint density at radius 2 is 1.51 bits per heavy atom. The summed E-state index contributed by atoms with van der Waals surface area (Å²) in [5.41, 5.74) is -0.0412. The van der Waals surface area contributed by atoms with Gasteiger partial charge >= 0.3 is 11.9 Å². The summed E-state index contributed by atoms with van der Waals surface area (Å²) in [6, 6.07) is 6.30. The largest absolute Gasteiger partial charge is 0.508 e. The Balaban J connectivity index is 1.72. The number of hydrogen-bond acceptors (Lipinski definition) is 12. The lowest BCUT2D eigenvalue weighted by Gasteiger charge is -2.34. The van der Waals surface area contributed by atoms with Gasteiger partial charge in [0.15, 0.2) is 34.9 Å². The Labute approximate surface area is 208 Å². The van der Waals surface area contributed by atoms with Crippen molar-refractivity contribution in [2.45, 2.75) is 32.0 Å². The molecule has 2 atom stereocenters. The number of benzene rings is 3. The van der Waals surface area contributed by atoms with Gasteiger partial charge in [-0.3, -0.25) is 4.79 Å². The minimum atomic E-state index is -1.21. The van der Waals surface area contributed by atoms with Gasteiger partial charge in [-0.15, -0.1) is 0 Å². The molecule has 0 bridgehead atoms. The van der Waals surface area contributed by atoms with Crippen molar-refractivity contribution in [2.24, 2.45) is 0 Å². The molecular weight excluding hydrogens is 492 g/mol. The van der Waals surface area contributed by atoms with E-state index in [0.29, 0.717) is 0 Å². The Bertz CT molecular complexity index is 1370. The van der Waals surface area contributed by atoms with Gasteiger partial charge in [0.25, 0.3) is 0 Å². The summed E-state index contributed by atoms with van der Waals surface area (Å²) in [5, 5.41) is 69.8. The molecule has 1 aliphatic heterocycles. The molecule has 0 fully saturated rings. The van der Waals surface area contributed by atoms with Crippen molar-refractivity contribution in [3.8, 4) is 51.7 Å². The molecule has 0 unspecified atom stereocenters. The van der Waals surface area contributed by atoms with Crippen LogP contribution in [0.25, 0.3) is 0 Å². The van der Waals surface area contributed by atoms with E-state index in [1.54, 1.807) is 0 Å². The molecule has 0 spiro atoms. The lowest BCUT2D eigenvalue weighted by Crippen LogP contribution is -2.34. The zero-order valence-electron chi connectivity index (χ0n) is 19.2. The fraction of sp³-hybridized carbons (Fsp3) is 0.200. The predicted molar refractivity (Wildman–Crippen MR) is 123 cm³/mol. The van der Waals surface area contributed by atoms with Crippen LogP contribution in [0.1, 0.15) is 40.9 Å². The number of esters is 2. The van der Waals surface area contributed by atoms with E-state index in [9.17, 15) is 45.3 Å². The highest BCUT2D eigenvalue weighted by Gasteiger charge is 2.37. The maximum atomic E-state index is 13.0. The molecule has 12 heteroatoms. The number of hydrogen-bond donors (Lipinski definition) is 7. The molecule has 3 aromatic rings. The van der Waals surface area contributed by atoms with Crippen molar-refractivity contribution in [2.75, 3.05) is 0 Å². The molecule has 12 nitrogen and oxygen atoms in total. The summed E-state index contributed by atoms with van der Waals surface area (Å²) < 4.78 is 16.4. The average molecular weight is 514 g/mol. The molecule has 3 aromatic carbocycles. The van der Waals surface area contributed by atoms with E-state index in [1.807, 2.05) is 0 Å². The molecule has 0 aliphatic carbocycles. The Morgan fingerprint density at radius 3 is 2.16 bits per heavy atom. The number of phenolic OH excluding ortho intramolecular Hbond substituents is 7. The maximum Gasteiger partial charge on any atom is 0.338 e. The van der Waals surface area contributed by atoms with E-state index in [4.69, 9.17) is 14.2 Å². The molecular formula is C25H22O12. The minimum absolute atomic E-state index is 0.0397. The fourth-order valence-corrected chi connectivity index (χ4v) is 3.81. The van der Waals surface area contributed by atoms with Crippen molar-refractivity contribution in [1.29, 1.82) is 0 Å². The first-order valence-corrected chi connectivity index (χ1v) is 10.9. The number of ether oxygens (including phenoxy) is 3. The Morgan fingerprint density at radius 1 is 0.865 bits per heavy atom. The number of phenols is 7. The van der Waals surface area contributed by atoms with Crippen LogP contribution >= 0.6 is 0 Å². The quantitative estimate of drug-likeness (QED) is 0.149. The lowest BCUT2D eigenvalue weighted by atomic mass is 9.93. The number of fused-ring (bicyclic) bond motifs is 1. The first kappa shape index (κ1) is 25.1. The summed E-state index contributed by atoms with van der Waals surface area (Å²) in [7, 11) is 0. The van der Waals surface area contributed by atoms with Crippen LogP contribution in [-0.4, -0.2) is 53.8 Å². The van der Waals surface area contributed by atoms with Crippen LogP contribution in [0.3, 0.4) is 0 Å². The van der Waals surface area contributed by atoms with E-state index >= 15 is 0 Å². The van der Waals surface area contributed by atoms with Gasteiger partial charge in [-0.05, 0) is 24.3 Å². The van der Waals surface area contributed by atoms with Crippen LogP contribution in [0.4, 0.5) is 0 Å². The van der Waals surface area contributed by atoms with E-state index < -0.39 is 58.6 Å². The third-order valence-corrected chi connectivity index (χ3v) is 5.65. The molecule has 37 heavy (non-hydrogen) atoms. The SMILES string of the molecule is CCC(=O)Oc1cc(C(=O)O[C@@H]2Cc3c(O)cc(O)cc3O[C@@H]2c2cc(O)c(O)c(O)c2)cc(O)c1O. The second-order valence-corrected chi connectivity index (χ2v) is 8.21. The smallest absolute Gasteiger partial charge is 0.338 e. The van der Waals surface area contributed by atoms with Gasteiger partial charge in [0, 0.05) is 36.1 Å². The van der Waals surface area contributed by atoms with Gasteiger partial charge in [0.1, 0.15) is 23.4 Å². The topological polar surface area (TPSA) is 203 Å². The molecule has 194 valence electrons. The van der Waals surface area contributed by atoms with Crippen LogP contribution in [0.5, 0.6) is 51.7 Å². The van der Waals surface area contributed by atoms with Crippen molar-refractivity contribution >= 4 is 11.9 Å². The molecule has 4 rings (SSSR count). The summed E-state index contributed by atoms with van der Waals surface area (Å²) >= 11 is 0. The van der Waals surface area contributed by atoms with Crippen LogP contribution < -0.4 is 9.47 Å². The van der Waals surface area contributed by atoms with Gasteiger partial charge in [-0.25, -0.2) is 4.79 Å². The third-order valence-electron chi connectivity index (χ3n) is 5.65. The van der Waals surface area contributed by atoms with E-state index in [2.05, 4.69) is 0 Å². The van der Waals surface area contributed by atoms with Gasteiger partial charge in [0.2, 0.25) is 5.75 Å². The first-order valence-electron chi connectivity index (χ1n) is 10.9.